The fourth-order valence-electron chi connectivity index (χ4n) is 4.38. The number of halogens is 6. The predicted octanol–water partition coefficient (Wildman–Crippen LogP) is 5.36. The van der Waals surface area contributed by atoms with Crippen molar-refractivity contribution in [2.75, 3.05) is 20.3 Å². The number of alkyl halides is 6. The number of carboxylic acid groups (broad SMARTS) is 3. The lowest BCUT2D eigenvalue weighted by atomic mass is 9.88. The summed E-state index contributed by atoms with van der Waals surface area (Å²) in [5.41, 5.74) is 2.05. The summed E-state index contributed by atoms with van der Waals surface area (Å²) in [4.78, 5) is 29.1. The molecule has 0 aromatic heterocycles. The monoisotopic (exact) mass is 642 g/mol. The molecule has 1 aromatic carbocycles. The third kappa shape index (κ3) is 15.0. The van der Waals surface area contributed by atoms with Gasteiger partial charge in [-0.05, 0) is 63.9 Å². The SMILES string of the molecule is COCCC(=Cc1ccccc1)[C@@H]1C[C@H]1NC1CCC(NCC(C)(C)C(=O)O)CC1.O=C(O)C(F)(F)F.O=C(O)C(F)(F)F. The van der Waals surface area contributed by atoms with Crippen molar-refractivity contribution < 1.29 is 60.8 Å². The normalized spacial score (nSPS) is 22.1. The van der Waals surface area contributed by atoms with E-state index in [4.69, 9.17) is 24.5 Å². The molecule has 0 unspecified atom stereocenters. The van der Waals surface area contributed by atoms with Crippen molar-refractivity contribution in [1.82, 2.24) is 10.6 Å². The number of aliphatic carboxylic acids is 3. The molecule has 0 bridgehead atoms. The predicted molar refractivity (Wildman–Crippen MR) is 149 cm³/mol. The topological polar surface area (TPSA) is 145 Å². The van der Waals surface area contributed by atoms with Crippen LogP contribution in [0.3, 0.4) is 0 Å². The highest BCUT2D eigenvalue weighted by Gasteiger charge is 2.41. The van der Waals surface area contributed by atoms with E-state index >= 15 is 0 Å². The quantitative estimate of drug-likeness (QED) is 0.201. The van der Waals surface area contributed by atoms with Crippen LogP contribution in [0.15, 0.2) is 35.9 Å². The van der Waals surface area contributed by atoms with E-state index in [1.54, 1.807) is 21.0 Å². The van der Waals surface area contributed by atoms with E-state index in [0.717, 1.165) is 38.7 Å². The van der Waals surface area contributed by atoms with E-state index < -0.39 is 35.7 Å². The average Bonchev–Trinajstić information content (AvgIpc) is 3.69. The van der Waals surface area contributed by atoms with Crippen molar-refractivity contribution in [1.29, 1.82) is 0 Å². The van der Waals surface area contributed by atoms with E-state index in [1.807, 2.05) is 0 Å². The summed E-state index contributed by atoms with van der Waals surface area (Å²) in [6.07, 6.45) is -1.08. The van der Waals surface area contributed by atoms with Gasteiger partial charge in [0.1, 0.15) is 0 Å². The Labute approximate surface area is 251 Å². The van der Waals surface area contributed by atoms with Crippen LogP contribution in [0.4, 0.5) is 26.3 Å². The second kappa shape index (κ2) is 17.4. The van der Waals surface area contributed by atoms with E-state index in [9.17, 15) is 36.2 Å². The molecule has 2 saturated carbocycles. The Morgan fingerprint density at radius 3 is 1.77 bits per heavy atom. The first-order valence-corrected chi connectivity index (χ1v) is 13.9. The molecule has 0 heterocycles. The summed E-state index contributed by atoms with van der Waals surface area (Å²) in [5, 5.41) is 30.9. The molecule has 0 spiro atoms. The van der Waals surface area contributed by atoms with Gasteiger partial charge in [0.2, 0.25) is 0 Å². The van der Waals surface area contributed by atoms with Crippen LogP contribution < -0.4 is 10.6 Å². The van der Waals surface area contributed by atoms with Crippen molar-refractivity contribution in [2.24, 2.45) is 11.3 Å². The minimum absolute atomic E-state index is 0.437. The first kappa shape index (κ1) is 38.9. The number of methoxy groups -OCH3 is 1. The molecule has 2 aliphatic rings. The van der Waals surface area contributed by atoms with Crippen LogP contribution in [0.5, 0.6) is 0 Å². The van der Waals surface area contributed by atoms with Gasteiger partial charge in [0, 0.05) is 38.4 Å². The van der Waals surface area contributed by atoms with Gasteiger partial charge in [-0.3, -0.25) is 4.79 Å². The smallest absolute Gasteiger partial charge is 0.481 e. The first-order chi connectivity index (χ1) is 20.3. The molecule has 9 nitrogen and oxygen atoms in total. The van der Waals surface area contributed by atoms with Crippen LogP contribution in [0.1, 0.15) is 57.9 Å². The summed E-state index contributed by atoms with van der Waals surface area (Å²) in [6.45, 7) is 4.87. The largest absolute Gasteiger partial charge is 0.490 e. The van der Waals surface area contributed by atoms with Gasteiger partial charge < -0.3 is 30.7 Å². The van der Waals surface area contributed by atoms with Gasteiger partial charge in [0.25, 0.3) is 0 Å². The maximum atomic E-state index is 11.3. The number of carbonyl (C=O) groups is 3. The Hall–Kier alpha value is -3.17. The highest BCUT2D eigenvalue weighted by atomic mass is 19.4. The third-order valence-electron chi connectivity index (χ3n) is 7.09. The fourth-order valence-corrected chi connectivity index (χ4v) is 4.38. The number of nitrogens with one attached hydrogen (secondary N) is 2. The molecule has 0 aliphatic heterocycles. The molecule has 0 radical (unpaired) electrons. The molecule has 1 aromatic rings. The maximum Gasteiger partial charge on any atom is 0.490 e. The first-order valence-electron chi connectivity index (χ1n) is 13.9. The average molecular weight is 643 g/mol. The fraction of sp³-hybridized carbons (Fsp3) is 0.621. The molecule has 250 valence electrons. The van der Waals surface area contributed by atoms with Crippen LogP contribution in [-0.2, 0) is 19.1 Å². The minimum atomic E-state index is -5.08. The number of benzene rings is 1. The standard InChI is InChI=1S/C25H38N2O3.2C2HF3O2/c1-25(2,24(28)29)17-26-20-9-11-21(12-10-20)27-23-16-22(23)19(13-14-30-3)15-18-7-5-4-6-8-18;2*3-2(4,5)1(6)7/h4-8,15,20-23,26-27H,9-14,16-17H2,1-3H3,(H,28,29);2*(H,6,7)/t20?,21?,22-,23+;;/m0../s1. The van der Waals surface area contributed by atoms with Crippen LogP contribution in [-0.4, -0.2) is 84.0 Å². The van der Waals surface area contributed by atoms with Gasteiger partial charge in [-0.25, -0.2) is 9.59 Å². The molecule has 2 atom stereocenters. The van der Waals surface area contributed by atoms with E-state index in [2.05, 4.69) is 47.0 Å². The molecule has 15 heteroatoms. The van der Waals surface area contributed by atoms with Gasteiger partial charge in [0.15, 0.2) is 0 Å². The number of carboxylic acids is 3. The summed E-state index contributed by atoms with van der Waals surface area (Å²) < 4.78 is 68.8. The van der Waals surface area contributed by atoms with E-state index in [-0.39, 0.29) is 0 Å². The molecular weight excluding hydrogens is 602 g/mol. The second-order valence-electron chi connectivity index (χ2n) is 11.2. The number of ether oxygens (including phenoxy) is 1. The number of hydrogen-bond donors (Lipinski definition) is 5. The van der Waals surface area contributed by atoms with Gasteiger partial charge in [-0.1, -0.05) is 42.0 Å². The lowest BCUT2D eigenvalue weighted by molar-refractivity contribution is -0.193. The Morgan fingerprint density at radius 2 is 1.34 bits per heavy atom. The number of rotatable bonds is 11. The molecule has 2 aliphatic carbocycles. The molecule has 0 saturated heterocycles. The highest BCUT2D eigenvalue weighted by Crippen LogP contribution is 2.41. The van der Waals surface area contributed by atoms with Crippen molar-refractivity contribution in [3.05, 3.63) is 41.5 Å². The summed E-state index contributed by atoms with van der Waals surface area (Å²) >= 11 is 0. The van der Waals surface area contributed by atoms with Crippen molar-refractivity contribution in [3.8, 4) is 0 Å². The molecule has 2 fully saturated rings. The lowest BCUT2D eigenvalue weighted by Crippen LogP contribution is -2.45. The maximum absolute atomic E-state index is 11.3. The van der Waals surface area contributed by atoms with Crippen LogP contribution in [0.25, 0.3) is 6.08 Å². The molecule has 0 amide bonds. The summed E-state index contributed by atoms with van der Waals surface area (Å²) in [6, 6.07) is 12.2. The van der Waals surface area contributed by atoms with Crippen LogP contribution in [0.2, 0.25) is 0 Å². The van der Waals surface area contributed by atoms with E-state index in [0.29, 0.717) is 30.6 Å². The van der Waals surface area contributed by atoms with Crippen molar-refractivity contribution >= 4 is 24.0 Å². The Morgan fingerprint density at radius 1 is 0.864 bits per heavy atom. The number of hydrogen-bond acceptors (Lipinski definition) is 6. The summed E-state index contributed by atoms with van der Waals surface area (Å²) in [5.74, 6) is -5.63. The zero-order chi connectivity index (χ0) is 33.7. The minimum Gasteiger partial charge on any atom is -0.481 e. The summed E-state index contributed by atoms with van der Waals surface area (Å²) in [7, 11) is 1.77. The van der Waals surface area contributed by atoms with Gasteiger partial charge in [-0.15, -0.1) is 0 Å². The van der Waals surface area contributed by atoms with Gasteiger partial charge in [-0.2, -0.15) is 26.3 Å². The molecule has 3 rings (SSSR count). The molecule has 44 heavy (non-hydrogen) atoms. The zero-order valence-corrected chi connectivity index (χ0v) is 24.7. The molecular formula is C29H40F6N2O7. The van der Waals surface area contributed by atoms with Crippen LogP contribution >= 0.6 is 0 Å². The van der Waals surface area contributed by atoms with Gasteiger partial charge >= 0.3 is 30.3 Å². The Bertz CT molecular complexity index is 1060. The third-order valence-corrected chi connectivity index (χ3v) is 7.09. The van der Waals surface area contributed by atoms with Crippen molar-refractivity contribution in [3.63, 3.8) is 0 Å². The van der Waals surface area contributed by atoms with Gasteiger partial charge in [0.05, 0.1) is 5.41 Å². The Kier molecular flexibility index (Phi) is 15.3. The molecule has 5 N–H and O–H groups in total. The van der Waals surface area contributed by atoms with Crippen LogP contribution in [0, 0.1) is 11.3 Å². The second-order valence-corrected chi connectivity index (χ2v) is 11.2. The Balaban J connectivity index is 0.000000574. The van der Waals surface area contributed by atoms with E-state index in [1.165, 1.54) is 17.6 Å². The van der Waals surface area contributed by atoms with Crippen molar-refractivity contribution in [2.45, 2.75) is 82.9 Å². The zero-order valence-electron chi connectivity index (χ0n) is 24.7. The lowest BCUT2D eigenvalue weighted by Gasteiger charge is -2.32. The highest BCUT2D eigenvalue weighted by molar-refractivity contribution is 5.74.